The molecule has 1 spiro atoms. The van der Waals surface area contributed by atoms with E-state index in [1.54, 1.807) is 0 Å². The summed E-state index contributed by atoms with van der Waals surface area (Å²) in [7, 11) is 0. The quantitative estimate of drug-likeness (QED) is 0.871. The molecule has 4 rings (SSSR count). The number of amides is 1. The lowest BCUT2D eigenvalue weighted by molar-refractivity contribution is -0.149. The molecule has 1 N–H and O–H groups in total. The molecule has 24 heavy (non-hydrogen) atoms. The lowest BCUT2D eigenvalue weighted by Gasteiger charge is -2.27. The number of esters is 1. The normalized spacial score (nSPS) is 22.2. The number of aromatic nitrogens is 1. The SMILES string of the molecule is O=C1C[C@@H](C(=O)NCCc2nc3ccccc3o2)C2(CCCC2)O1. The molecule has 2 fully saturated rings. The summed E-state index contributed by atoms with van der Waals surface area (Å²) in [5.41, 5.74) is 1.01. The van der Waals surface area contributed by atoms with E-state index in [1.165, 1.54) is 0 Å². The number of benzene rings is 1. The zero-order valence-corrected chi connectivity index (χ0v) is 13.4. The van der Waals surface area contributed by atoms with Crippen LogP contribution in [0.15, 0.2) is 28.7 Å². The molecule has 0 radical (unpaired) electrons. The molecule has 1 aromatic carbocycles. The van der Waals surface area contributed by atoms with E-state index >= 15 is 0 Å². The molecule has 2 aliphatic rings. The van der Waals surface area contributed by atoms with Gasteiger partial charge in [0.1, 0.15) is 11.1 Å². The van der Waals surface area contributed by atoms with Crippen LogP contribution in [0.25, 0.3) is 11.1 Å². The van der Waals surface area contributed by atoms with Crippen molar-refractivity contribution in [1.82, 2.24) is 10.3 Å². The van der Waals surface area contributed by atoms with Gasteiger partial charge in [-0.3, -0.25) is 9.59 Å². The number of carbonyl (C=O) groups excluding carboxylic acids is 2. The van der Waals surface area contributed by atoms with Crippen LogP contribution >= 0.6 is 0 Å². The molecule has 2 aromatic rings. The highest BCUT2D eigenvalue weighted by Gasteiger charge is 2.53. The summed E-state index contributed by atoms with van der Waals surface area (Å²) in [5.74, 6) is -0.114. The van der Waals surface area contributed by atoms with Gasteiger partial charge in [-0.2, -0.15) is 0 Å². The summed E-state index contributed by atoms with van der Waals surface area (Å²) in [6, 6.07) is 7.58. The van der Waals surface area contributed by atoms with Gasteiger partial charge in [-0.1, -0.05) is 12.1 Å². The molecular formula is C18H20N2O4. The number of fused-ring (bicyclic) bond motifs is 1. The predicted octanol–water partition coefficient (Wildman–Crippen LogP) is 2.36. The molecule has 2 heterocycles. The monoisotopic (exact) mass is 328 g/mol. The number of ether oxygens (including phenoxy) is 1. The molecule has 1 aliphatic heterocycles. The summed E-state index contributed by atoms with van der Waals surface area (Å²) in [5, 5.41) is 2.92. The van der Waals surface area contributed by atoms with Crippen LogP contribution in [0.1, 0.15) is 38.0 Å². The first-order valence-electron chi connectivity index (χ1n) is 8.50. The van der Waals surface area contributed by atoms with E-state index in [2.05, 4.69) is 10.3 Å². The average Bonchev–Trinajstić information content (AvgIpc) is 3.26. The maximum Gasteiger partial charge on any atom is 0.307 e. The molecule has 6 nitrogen and oxygen atoms in total. The number of para-hydroxylation sites is 2. The van der Waals surface area contributed by atoms with Crippen LogP contribution in [0.5, 0.6) is 0 Å². The Morgan fingerprint density at radius 2 is 2.08 bits per heavy atom. The minimum absolute atomic E-state index is 0.0983. The molecular weight excluding hydrogens is 308 g/mol. The molecule has 0 unspecified atom stereocenters. The maximum absolute atomic E-state index is 12.5. The smallest absolute Gasteiger partial charge is 0.307 e. The zero-order chi connectivity index (χ0) is 16.6. The summed E-state index contributed by atoms with van der Waals surface area (Å²) < 4.78 is 11.2. The number of nitrogens with zero attached hydrogens (tertiary/aromatic N) is 1. The Hall–Kier alpha value is -2.37. The first-order valence-corrected chi connectivity index (χ1v) is 8.50. The highest BCUT2D eigenvalue weighted by Crippen LogP contribution is 2.45. The molecule has 1 aromatic heterocycles. The van der Waals surface area contributed by atoms with Crippen molar-refractivity contribution in [3.8, 4) is 0 Å². The zero-order valence-electron chi connectivity index (χ0n) is 13.4. The van der Waals surface area contributed by atoms with Crippen molar-refractivity contribution in [2.24, 2.45) is 5.92 Å². The lowest BCUT2D eigenvalue weighted by Crippen LogP contribution is -2.43. The number of oxazole rings is 1. The van der Waals surface area contributed by atoms with Crippen LogP contribution in [0.2, 0.25) is 0 Å². The Labute approximate surface area is 139 Å². The Morgan fingerprint density at radius 1 is 1.29 bits per heavy atom. The minimum atomic E-state index is -0.557. The molecule has 1 saturated heterocycles. The third kappa shape index (κ3) is 2.66. The van der Waals surface area contributed by atoms with Crippen molar-refractivity contribution in [2.75, 3.05) is 6.54 Å². The van der Waals surface area contributed by atoms with E-state index in [1.807, 2.05) is 24.3 Å². The molecule has 1 aliphatic carbocycles. The molecule has 1 saturated carbocycles. The van der Waals surface area contributed by atoms with Crippen molar-refractivity contribution < 1.29 is 18.7 Å². The van der Waals surface area contributed by atoms with Crippen LogP contribution in [0.3, 0.4) is 0 Å². The number of rotatable bonds is 4. The summed E-state index contributed by atoms with van der Waals surface area (Å²) in [6.45, 7) is 0.437. The summed E-state index contributed by atoms with van der Waals surface area (Å²) >= 11 is 0. The molecule has 126 valence electrons. The van der Waals surface area contributed by atoms with Crippen LogP contribution in [-0.2, 0) is 20.7 Å². The van der Waals surface area contributed by atoms with Gasteiger partial charge in [-0.25, -0.2) is 4.98 Å². The van der Waals surface area contributed by atoms with Crippen molar-refractivity contribution in [3.63, 3.8) is 0 Å². The van der Waals surface area contributed by atoms with E-state index in [-0.39, 0.29) is 24.2 Å². The van der Waals surface area contributed by atoms with E-state index in [9.17, 15) is 9.59 Å². The van der Waals surface area contributed by atoms with Gasteiger partial charge in [0.05, 0.1) is 12.3 Å². The molecule has 1 amide bonds. The fraction of sp³-hybridized carbons (Fsp3) is 0.500. The van der Waals surface area contributed by atoms with Gasteiger partial charge in [-0.15, -0.1) is 0 Å². The largest absolute Gasteiger partial charge is 0.458 e. The van der Waals surface area contributed by atoms with E-state index in [0.29, 0.717) is 18.9 Å². The Morgan fingerprint density at radius 3 is 2.88 bits per heavy atom. The van der Waals surface area contributed by atoms with Crippen molar-refractivity contribution >= 4 is 23.0 Å². The second-order valence-electron chi connectivity index (χ2n) is 6.62. The van der Waals surface area contributed by atoms with Gasteiger partial charge < -0.3 is 14.5 Å². The van der Waals surface area contributed by atoms with E-state index in [0.717, 1.165) is 36.8 Å². The van der Waals surface area contributed by atoms with Crippen LogP contribution in [-0.4, -0.2) is 29.0 Å². The van der Waals surface area contributed by atoms with Crippen molar-refractivity contribution in [3.05, 3.63) is 30.2 Å². The van der Waals surface area contributed by atoms with Crippen LogP contribution in [0, 0.1) is 5.92 Å². The van der Waals surface area contributed by atoms with E-state index in [4.69, 9.17) is 9.15 Å². The number of hydrogen-bond donors (Lipinski definition) is 1. The van der Waals surface area contributed by atoms with Gasteiger partial charge in [0, 0.05) is 13.0 Å². The number of carbonyl (C=O) groups is 2. The van der Waals surface area contributed by atoms with Gasteiger partial charge in [0.15, 0.2) is 11.5 Å². The fourth-order valence-corrected chi connectivity index (χ4v) is 3.89. The van der Waals surface area contributed by atoms with Crippen LogP contribution < -0.4 is 5.32 Å². The standard InChI is InChI=1S/C18H20N2O4/c21-16-11-12(18(24-16)8-3-4-9-18)17(22)19-10-7-15-20-13-5-1-2-6-14(13)23-15/h1-2,5-6,12H,3-4,7-11H2,(H,19,22)/t12-/m0/s1. The van der Waals surface area contributed by atoms with Crippen molar-refractivity contribution in [1.29, 1.82) is 0 Å². The van der Waals surface area contributed by atoms with Gasteiger partial charge in [0.25, 0.3) is 0 Å². The lowest BCUT2D eigenvalue weighted by atomic mass is 9.85. The first-order chi connectivity index (χ1) is 11.7. The number of nitrogens with one attached hydrogen (secondary N) is 1. The van der Waals surface area contributed by atoms with Crippen LogP contribution in [0.4, 0.5) is 0 Å². The highest BCUT2D eigenvalue weighted by molar-refractivity contribution is 5.88. The van der Waals surface area contributed by atoms with Gasteiger partial charge >= 0.3 is 5.97 Å². The topological polar surface area (TPSA) is 81.4 Å². The average molecular weight is 328 g/mol. The third-order valence-corrected chi connectivity index (χ3v) is 5.07. The minimum Gasteiger partial charge on any atom is -0.458 e. The Kier molecular flexibility index (Phi) is 3.75. The fourth-order valence-electron chi connectivity index (χ4n) is 3.89. The molecule has 0 bridgehead atoms. The predicted molar refractivity (Wildman–Crippen MR) is 86.1 cm³/mol. The second-order valence-corrected chi connectivity index (χ2v) is 6.62. The number of hydrogen-bond acceptors (Lipinski definition) is 5. The van der Waals surface area contributed by atoms with E-state index < -0.39 is 5.60 Å². The second kappa shape index (κ2) is 5.92. The molecule has 6 heteroatoms. The van der Waals surface area contributed by atoms with Gasteiger partial charge in [-0.05, 0) is 37.8 Å². The summed E-state index contributed by atoms with van der Waals surface area (Å²) in [4.78, 5) is 28.6. The highest BCUT2D eigenvalue weighted by atomic mass is 16.6. The maximum atomic E-state index is 12.5. The Bertz CT molecular complexity index is 743. The Balaban J connectivity index is 1.37. The first kappa shape index (κ1) is 15.2. The van der Waals surface area contributed by atoms with Gasteiger partial charge in [0.2, 0.25) is 5.91 Å². The third-order valence-electron chi connectivity index (χ3n) is 5.07. The summed E-state index contributed by atoms with van der Waals surface area (Å²) in [6.07, 6.45) is 4.33. The molecule has 1 atom stereocenters. The van der Waals surface area contributed by atoms with Crippen molar-refractivity contribution in [2.45, 2.75) is 44.1 Å².